The molecule has 3 aliphatic heterocycles. The maximum absolute atomic E-state index is 12.8. The summed E-state index contributed by atoms with van der Waals surface area (Å²) in [5.74, 6) is 0.386. The second kappa shape index (κ2) is 6.40. The van der Waals surface area contributed by atoms with Gasteiger partial charge < -0.3 is 14.5 Å². The standard InChI is InChI=1S/C19H23N3O2/c1-24-11-10-22-15-7-6-14(19(22)23)12-21(13-15)18-8-9-20-17-5-3-2-4-16(17)18/h2-5,8-9,14-15H,6-7,10-13H2,1H3/t14-,15+/m0/s1. The number of para-hydroxylation sites is 1. The maximum Gasteiger partial charge on any atom is 0.227 e. The summed E-state index contributed by atoms with van der Waals surface area (Å²) in [6.07, 6.45) is 3.95. The van der Waals surface area contributed by atoms with Crippen molar-refractivity contribution < 1.29 is 9.53 Å². The van der Waals surface area contributed by atoms with Crippen molar-refractivity contribution in [3.05, 3.63) is 36.5 Å². The molecule has 126 valence electrons. The van der Waals surface area contributed by atoms with Gasteiger partial charge in [-0.25, -0.2) is 0 Å². The molecule has 24 heavy (non-hydrogen) atoms. The van der Waals surface area contributed by atoms with Crippen molar-refractivity contribution >= 4 is 22.5 Å². The molecule has 0 aliphatic carbocycles. The van der Waals surface area contributed by atoms with Gasteiger partial charge in [0.2, 0.25) is 5.91 Å². The summed E-state index contributed by atoms with van der Waals surface area (Å²) in [6, 6.07) is 10.6. The van der Waals surface area contributed by atoms with Crippen molar-refractivity contribution in [3.63, 3.8) is 0 Å². The Morgan fingerprint density at radius 3 is 2.96 bits per heavy atom. The van der Waals surface area contributed by atoms with Crippen LogP contribution in [-0.4, -0.2) is 55.2 Å². The van der Waals surface area contributed by atoms with Gasteiger partial charge in [0.15, 0.2) is 0 Å². The van der Waals surface area contributed by atoms with Crippen LogP contribution in [0, 0.1) is 5.92 Å². The number of fused-ring (bicyclic) bond motifs is 5. The molecule has 1 aromatic heterocycles. The summed E-state index contributed by atoms with van der Waals surface area (Å²) >= 11 is 0. The van der Waals surface area contributed by atoms with E-state index >= 15 is 0 Å². The van der Waals surface area contributed by atoms with Gasteiger partial charge in [-0.1, -0.05) is 18.2 Å². The maximum atomic E-state index is 12.8. The molecule has 4 heterocycles. The van der Waals surface area contributed by atoms with Crippen LogP contribution in [0.4, 0.5) is 5.69 Å². The van der Waals surface area contributed by atoms with Crippen LogP contribution in [0.1, 0.15) is 12.8 Å². The molecule has 5 rings (SSSR count). The van der Waals surface area contributed by atoms with Crippen LogP contribution < -0.4 is 4.90 Å². The first-order valence-corrected chi connectivity index (χ1v) is 8.66. The van der Waals surface area contributed by atoms with Crippen molar-refractivity contribution in [1.82, 2.24) is 9.88 Å². The predicted octanol–water partition coefficient (Wildman–Crippen LogP) is 2.31. The van der Waals surface area contributed by atoms with Gasteiger partial charge >= 0.3 is 0 Å². The summed E-state index contributed by atoms with van der Waals surface area (Å²) in [7, 11) is 1.69. The lowest BCUT2D eigenvalue weighted by molar-refractivity contribution is -0.140. The Balaban J connectivity index is 1.67. The molecule has 2 atom stereocenters. The van der Waals surface area contributed by atoms with E-state index in [-0.39, 0.29) is 12.0 Å². The molecule has 2 aromatic rings. The van der Waals surface area contributed by atoms with Crippen molar-refractivity contribution in [2.75, 3.05) is 38.3 Å². The number of methoxy groups -OCH3 is 1. The number of ether oxygens (including phenoxy) is 1. The molecule has 0 saturated carbocycles. The summed E-state index contributed by atoms with van der Waals surface area (Å²) in [5.41, 5.74) is 2.20. The first-order chi connectivity index (χ1) is 11.8. The van der Waals surface area contributed by atoms with E-state index in [0.29, 0.717) is 19.1 Å². The topological polar surface area (TPSA) is 45.7 Å². The number of carbonyl (C=O) groups is 1. The fraction of sp³-hybridized carbons (Fsp3) is 0.474. The zero-order chi connectivity index (χ0) is 16.5. The highest BCUT2D eigenvalue weighted by molar-refractivity contribution is 5.92. The minimum atomic E-state index is 0.0903. The van der Waals surface area contributed by atoms with Gasteiger partial charge in [0.25, 0.3) is 0 Å². The number of piperidine rings is 1. The Morgan fingerprint density at radius 1 is 1.21 bits per heavy atom. The van der Waals surface area contributed by atoms with Crippen LogP contribution in [0.3, 0.4) is 0 Å². The van der Waals surface area contributed by atoms with Gasteiger partial charge in [0, 0.05) is 50.1 Å². The number of benzene rings is 1. The highest BCUT2D eigenvalue weighted by atomic mass is 16.5. The normalized spacial score (nSPS) is 23.8. The fourth-order valence-corrected chi connectivity index (χ4v) is 4.08. The smallest absolute Gasteiger partial charge is 0.227 e. The molecular formula is C19H23N3O2. The summed E-state index contributed by atoms with van der Waals surface area (Å²) in [6.45, 7) is 2.99. The van der Waals surface area contributed by atoms with Gasteiger partial charge in [-0.3, -0.25) is 9.78 Å². The molecule has 3 aliphatic rings. The van der Waals surface area contributed by atoms with Gasteiger partial charge in [-0.2, -0.15) is 0 Å². The molecule has 5 nitrogen and oxygen atoms in total. The van der Waals surface area contributed by atoms with Gasteiger partial charge in [-0.05, 0) is 25.0 Å². The molecule has 0 radical (unpaired) electrons. The molecule has 1 aromatic carbocycles. The van der Waals surface area contributed by atoms with E-state index in [0.717, 1.165) is 36.8 Å². The third-order valence-electron chi connectivity index (χ3n) is 5.30. The van der Waals surface area contributed by atoms with Crippen LogP contribution in [0.25, 0.3) is 10.9 Å². The van der Waals surface area contributed by atoms with Crippen LogP contribution in [0.5, 0.6) is 0 Å². The van der Waals surface area contributed by atoms with E-state index in [1.54, 1.807) is 7.11 Å². The zero-order valence-electron chi connectivity index (χ0n) is 14.0. The average Bonchev–Trinajstić information content (AvgIpc) is 2.91. The monoisotopic (exact) mass is 325 g/mol. The van der Waals surface area contributed by atoms with Gasteiger partial charge in [0.1, 0.15) is 0 Å². The first-order valence-electron chi connectivity index (χ1n) is 8.66. The van der Waals surface area contributed by atoms with Crippen LogP contribution in [0.15, 0.2) is 36.5 Å². The van der Waals surface area contributed by atoms with Crippen LogP contribution in [-0.2, 0) is 9.53 Å². The summed E-state index contributed by atoms with van der Waals surface area (Å²) < 4.78 is 5.19. The number of rotatable bonds is 4. The number of hydrogen-bond donors (Lipinski definition) is 0. The number of carbonyl (C=O) groups excluding carboxylic acids is 1. The zero-order valence-corrected chi connectivity index (χ0v) is 14.0. The van der Waals surface area contributed by atoms with E-state index in [2.05, 4.69) is 28.1 Å². The Hall–Kier alpha value is -2.14. The molecule has 5 heteroatoms. The molecular weight excluding hydrogens is 302 g/mol. The highest BCUT2D eigenvalue weighted by Gasteiger charge is 2.40. The van der Waals surface area contributed by atoms with Crippen molar-refractivity contribution in [2.45, 2.75) is 18.9 Å². The molecule has 3 fully saturated rings. The SMILES string of the molecule is COCCN1C(=O)[C@H]2CC[C@@H]1CN(c1ccnc3ccccc13)C2. The largest absolute Gasteiger partial charge is 0.383 e. The van der Waals surface area contributed by atoms with Crippen LogP contribution >= 0.6 is 0 Å². The van der Waals surface area contributed by atoms with E-state index in [1.807, 2.05) is 23.2 Å². The van der Waals surface area contributed by atoms with E-state index in [9.17, 15) is 4.79 Å². The minimum absolute atomic E-state index is 0.0903. The molecule has 3 saturated heterocycles. The Labute approximate surface area is 142 Å². The number of amides is 1. The summed E-state index contributed by atoms with van der Waals surface area (Å²) in [4.78, 5) is 21.7. The van der Waals surface area contributed by atoms with Crippen molar-refractivity contribution in [1.29, 1.82) is 0 Å². The third kappa shape index (κ3) is 2.63. The average molecular weight is 325 g/mol. The van der Waals surface area contributed by atoms with Gasteiger partial charge in [0.05, 0.1) is 18.0 Å². The molecule has 0 N–H and O–H groups in total. The van der Waals surface area contributed by atoms with Crippen molar-refractivity contribution in [2.24, 2.45) is 5.92 Å². The van der Waals surface area contributed by atoms with E-state index < -0.39 is 0 Å². The number of aromatic nitrogens is 1. The molecule has 0 spiro atoms. The number of nitrogens with zero attached hydrogens (tertiary/aromatic N) is 3. The van der Waals surface area contributed by atoms with E-state index in [1.165, 1.54) is 5.69 Å². The quantitative estimate of drug-likeness (QED) is 0.865. The number of hydrogen-bond acceptors (Lipinski definition) is 4. The lowest BCUT2D eigenvalue weighted by atomic mass is 9.94. The number of anilines is 1. The van der Waals surface area contributed by atoms with Gasteiger partial charge in [-0.15, -0.1) is 0 Å². The second-order valence-corrected chi connectivity index (χ2v) is 6.70. The van der Waals surface area contributed by atoms with Crippen molar-refractivity contribution in [3.8, 4) is 0 Å². The molecule has 2 bridgehead atoms. The highest BCUT2D eigenvalue weighted by Crippen LogP contribution is 2.34. The Morgan fingerprint density at radius 2 is 2.08 bits per heavy atom. The van der Waals surface area contributed by atoms with Crippen LogP contribution in [0.2, 0.25) is 0 Å². The first kappa shape index (κ1) is 15.4. The Bertz CT molecular complexity index is 743. The Kier molecular flexibility index (Phi) is 4.10. The summed E-state index contributed by atoms with van der Waals surface area (Å²) in [5, 5.41) is 1.16. The molecule has 0 unspecified atom stereocenters. The van der Waals surface area contributed by atoms with E-state index in [4.69, 9.17) is 4.74 Å². The number of pyridine rings is 1. The third-order valence-corrected chi connectivity index (χ3v) is 5.30. The predicted molar refractivity (Wildman–Crippen MR) is 94.1 cm³/mol. The lowest BCUT2D eigenvalue weighted by Gasteiger charge is -2.35. The minimum Gasteiger partial charge on any atom is -0.383 e. The fourth-order valence-electron chi connectivity index (χ4n) is 4.08. The second-order valence-electron chi connectivity index (χ2n) is 6.70. The lowest BCUT2D eigenvalue weighted by Crippen LogP contribution is -2.49. The molecule has 1 amide bonds.